The summed E-state index contributed by atoms with van der Waals surface area (Å²) >= 11 is 4.74. The summed E-state index contributed by atoms with van der Waals surface area (Å²) in [5.41, 5.74) is 0.607. The van der Waals surface area contributed by atoms with Crippen molar-refractivity contribution in [2.24, 2.45) is 5.92 Å². The lowest BCUT2D eigenvalue weighted by Gasteiger charge is -2.12. The molecule has 1 aliphatic carbocycles. The van der Waals surface area contributed by atoms with Gasteiger partial charge in [0.15, 0.2) is 5.78 Å². The number of allylic oxidation sites excluding steroid dienone is 4. The number of Topliss-reactive ketones (excluding diaryl/α,β-unsaturated/α-hetero) is 1. The largest absolute Gasteiger partial charge is 0.293 e. The van der Waals surface area contributed by atoms with Crippen LogP contribution < -0.4 is 0 Å². The van der Waals surface area contributed by atoms with Gasteiger partial charge in [-0.25, -0.2) is 4.21 Å². The summed E-state index contributed by atoms with van der Waals surface area (Å²) in [5.74, 6) is -0.569. The van der Waals surface area contributed by atoms with Crippen molar-refractivity contribution in [1.29, 1.82) is 0 Å². The molecule has 1 unspecified atom stereocenters. The molecule has 2 rings (SSSR count). The zero-order valence-electron chi connectivity index (χ0n) is 8.91. The van der Waals surface area contributed by atoms with Gasteiger partial charge in [-0.2, -0.15) is 0 Å². The third-order valence-electron chi connectivity index (χ3n) is 2.51. The maximum atomic E-state index is 12.2. The van der Waals surface area contributed by atoms with E-state index in [9.17, 15) is 9.00 Å². The van der Waals surface area contributed by atoms with Gasteiger partial charge in [-0.3, -0.25) is 4.79 Å². The third kappa shape index (κ3) is 2.60. The minimum absolute atomic E-state index is 0.0700. The van der Waals surface area contributed by atoms with Gasteiger partial charge in [0.2, 0.25) is 0 Å². The topological polar surface area (TPSA) is 34.1 Å². The van der Waals surface area contributed by atoms with E-state index in [2.05, 4.69) is 0 Å². The number of hydrogen-bond donors (Lipinski definition) is 0. The molecular weight excluding hydrogens is 252 g/mol. The van der Waals surface area contributed by atoms with Crippen molar-refractivity contribution >= 4 is 30.8 Å². The second-order valence-corrected chi connectivity index (χ2v) is 5.44. The van der Waals surface area contributed by atoms with Crippen LogP contribution in [0.5, 0.6) is 0 Å². The number of carbonyl (C=O) groups excluding carboxylic acids is 1. The summed E-state index contributed by atoms with van der Waals surface area (Å²) in [7, 11) is -1.54. The Kier molecular flexibility index (Phi) is 3.66. The summed E-state index contributed by atoms with van der Waals surface area (Å²) in [6.45, 7) is 0. The molecule has 0 fully saturated rings. The van der Waals surface area contributed by atoms with Crippen molar-refractivity contribution in [3.05, 3.63) is 60.2 Å². The summed E-state index contributed by atoms with van der Waals surface area (Å²) in [4.78, 5) is 12.7. The van der Waals surface area contributed by atoms with E-state index in [1.807, 2.05) is 6.07 Å². The van der Waals surface area contributed by atoms with Crippen molar-refractivity contribution in [3.8, 4) is 0 Å². The van der Waals surface area contributed by atoms with Crippen LogP contribution in [0.4, 0.5) is 0 Å². The van der Waals surface area contributed by atoms with E-state index < -0.39 is 14.9 Å². The lowest BCUT2D eigenvalue weighted by Crippen LogP contribution is -2.22. The maximum absolute atomic E-state index is 12.2. The Morgan fingerprint density at radius 1 is 1.18 bits per heavy atom. The molecule has 0 saturated carbocycles. The van der Waals surface area contributed by atoms with E-state index >= 15 is 0 Å². The Morgan fingerprint density at radius 3 is 2.53 bits per heavy atom. The first-order valence-electron chi connectivity index (χ1n) is 5.10. The average molecular weight is 262 g/mol. The third-order valence-corrected chi connectivity index (χ3v) is 3.87. The minimum atomic E-state index is -1.54. The van der Waals surface area contributed by atoms with Gasteiger partial charge >= 0.3 is 0 Å². The summed E-state index contributed by atoms with van der Waals surface area (Å²) in [6.07, 6.45) is 6.91. The summed E-state index contributed by atoms with van der Waals surface area (Å²) in [5, 5.41) is 0. The molecule has 0 aromatic heterocycles. The Hall–Kier alpha value is -1.52. The Morgan fingerprint density at radius 2 is 1.88 bits per heavy atom. The molecule has 0 N–H and O–H groups in total. The smallest absolute Gasteiger partial charge is 0.175 e. The fraction of sp³-hybridized carbons (Fsp3) is 0.0769. The summed E-state index contributed by atoms with van der Waals surface area (Å²) < 4.78 is 11.4. The second-order valence-electron chi connectivity index (χ2n) is 3.59. The number of ketones is 1. The first kappa shape index (κ1) is 12.0. The van der Waals surface area contributed by atoms with Gasteiger partial charge in [0.05, 0.1) is 19.7 Å². The van der Waals surface area contributed by atoms with Crippen LogP contribution in [0, 0.1) is 5.92 Å². The molecule has 0 saturated heterocycles. The van der Waals surface area contributed by atoms with Gasteiger partial charge in [-0.1, -0.05) is 48.6 Å². The molecule has 0 spiro atoms. The van der Waals surface area contributed by atoms with Crippen LogP contribution in [0.1, 0.15) is 10.4 Å². The highest BCUT2D eigenvalue weighted by Gasteiger charge is 2.22. The van der Waals surface area contributed by atoms with Gasteiger partial charge in [-0.15, -0.1) is 0 Å². The molecular formula is C13H10O2S2. The predicted molar refractivity (Wildman–Crippen MR) is 73.1 cm³/mol. The van der Waals surface area contributed by atoms with Crippen molar-refractivity contribution in [2.45, 2.75) is 0 Å². The van der Waals surface area contributed by atoms with E-state index in [0.29, 0.717) is 10.4 Å². The quantitative estimate of drug-likeness (QED) is 0.604. The van der Waals surface area contributed by atoms with Crippen LogP contribution in [0.3, 0.4) is 0 Å². The predicted octanol–water partition coefficient (Wildman–Crippen LogP) is 1.99. The van der Waals surface area contributed by atoms with Gasteiger partial charge in [0.25, 0.3) is 0 Å². The van der Waals surface area contributed by atoms with Gasteiger partial charge in [0.1, 0.15) is 0 Å². The lowest BCUT2D eigenvalue weighted by molar-refractivity contribution is 0.0973. The normalized spacial score (nSPS) is 18.1. The SMILES string of the molecule is O=C(c1ccccc1)C1C=CC=CC1=S(=O)=S. The van der Waals surface area contributed by atoms with E-state index in [0.717, 1.165) is 0 Å². The van der Waals surface area contributed by atoms with Crippen molar-refractivity contribution < 1.29 is 9.00 Å². The molecule has 17 heavy (non-hydrogen) atoms. The van der Waals surface area contributed by atoms with E-state index in [-0.39, 0.29) is 5.78 Å². The zero-order valence-corrected chi connectivity index (χ0v) is 10.5. The van der Waals surface area contributed by atoms with Crippen LogP contribution in [0.15, 0.2) is 54.6 Å². The Bertz CT molecular complexity index is 615. The van der Waals surface area contributed by atoms with Crippen LogP contribution in [0.2, 0.25) is 0 Å². The first-order valence-corrected chi connectivity index (χ1v) is 7.18. The van der Waals surface area contributed by atoms with Crippen molar-refractivity contribution in [3.63, 3.8) is 0 Å². The van der Waals surface area contributed by atoms with Crippen molar-refractivity contribution in [1.82, 2.24) is 0 Å². The molecule has 1 aromatic rings. The molecule has 1 aliphatic rings. The highest BCUT2D eigenvalue weighted by molar-refractivity contribution is 8.21. The maximum Gasteiger partial charge on any atom is 0.175 e. The monoisotopic (exact) mass is 262 g/mol. The fourth-order valence-electron chi connectivity index (χ4n) is 1.68. The molecule has 0 amide bonds. The van der Waals surface area contributed by atoms with E-state index in [1.54, 1.807) is 48.6 Å². The number of carbonyl (C=O) groups is 1. The zero-order chi connectivity index (χ0) is 12.3. The van der Waals surface area contributed by atoms with Gasteiger partial charge < -0.3 is 0 Å². The lowest BCUT2D eigenvalue weighted by atomic mass is 9.92. The van der Waals surface area contributed by atoms with Gasteiger partial charge in [0, 0.05) is 16.8 Å². The molecule has 4 heteroatoms. The molecule has 1 aromatic carbocycles. The standard InChI is InChI=1S/C13H10O2S2/c14-13(10-6-2-1-3-7-10)11-8-4-5-9-12(11)17(15)16/h1-9,11H. The summed E-state index contributed by atoms with van der Waals surface area (Å²) in [6, 6.07) is 8.96. The molecule has 0 radical (unpaired) electrons. The first-order chi connectivity index (χ1) is 8.20. The molecule has 2 nitrogen and oxygen atoms in total. The molecule has 0 aliphatic heterocycles. The molecule has 1 atom stereocenters. The van der Waals surface area contributed by atoms with Crippen LogP contribution in [0.25, 0.3) is 0 Å². The second kappa shape index (κ2) is 5.21. The van der Waals surface area contributed by atoms with Crippen molar-refractivity contribution in [2.75, 3.05) is 0 Å². The van der Waals surface area contributed by atoms with Crippen LogP contribution in [-0.2, 0) is 20.1 Å². The molecule has 0 heterocycles. The van der Waals surface area contributed by atoms with E-state index in [1.165, 1.54) is 0 Å². The van der Waals surface area contributed by atoms with Crippen LogP contribution >= 0.6 is 0 Å². The average Bonchev–Trinajstić information content (AvgIpc) is 2.39. The fourth-order valence-corrected chi connectivity index (χ4v) is 2.74. The Balaban J connectivity index is 2.42. The number of rotatable bonds is 2. The van der Waals surface area contributed by atoms with Crippen LogP contribution in [-0.4, -0.2) is 14.9 Å². The number of benzene rings is 1. The highest BCUT2D eigenvalue weighted by Crippen LogP contribution is 2.15. The molecule has 86 valence electrons. The number of hydrogen-bond acceptors (Lipinski definition) is 3. The molecule has 0 bridgehead atoms. The Labute approximate surface area is 106 Å². The highest BCUT2D eigenvalue weighted by atomic mass is 32.8. The minimum Gasteiger partial charge on any atom is -0.293 e. The van der Waals surface area contributed by atoms with E-state index in [4.69, 9.17) is 11.2 Å². The van der Waals surface area contributed by atoms with Gasteiger partial charge in [-0.05, 0) is 6.08 Å².